The minimum absolute atomic E-state index is 0.362. The van der Waals surface area contributed by atoms with Gasteiger partial charge in [-0.15, -0.1) is 0 Å². The van der Waals surface area contributed by atoms with Crippen molar-refractivity contribution in [1.82, 2.24) is 15.1 Å². The van der Waals surface area contributed by atoms with Crippen molar-refractivity contribution < 1.29 is 0 Å². The van der Waals surface area contributed by atoms with Crippen LogP contribution < -0.4 is 5.32 Å². The summed E-state index contributed by atoms with van der Waals surface area (Å²) in [7, 11) is 1.95. The Morgan fingerprint density at radius 2 is 2.31 bits per heavy atom. The van der Waals surface area contributed by atoms with E-state index in [2.05, 4.69) is 37.0 Å². The molecule has 0 fully saturated rings. The Hall–Kier alpha value is -1.09. The van der Waals surface area contributed by atoms with E-state index in [9.17, 15) is 0 Å². The second kappa shape index (κ2) is 6.48. The summed E-state index contributed by atoms with van der Waals surface area (Å²) >= 11 is 0. The number of rotatable bonds is 7. The van der Waals surface area contributed by atoms with Crippen molar-refractivity contribution in [2.75, 3.05) is 6.54 Å². The van der Waals surface area contributed by atoms with Crippen LogP contribution in [0.4, 0.5) is 0 Å². The van der Waals surface area contributed by atoms with E-state index < -0.39 is 0 Å². The van der Waals surface area contributed by atoms with Crippen molar-refractivity contribution >= 4 is 0 Å². The van der Waals surface area contributed by atoms with E-state index in [1.54, 1.807) is 0 Å². The summed E-state index contributed by atoms with van der Waals surface area (Å²) in [5.41, 5.74) is 2.54. The molecule has 3 nitrogen and oxygen atoms in total. The second-order valence-corrected chi connectivity index (χ2v) is 4.26. The van der Waals surface area contributed by atoms with Crippen LogP contribution in [-0.2, 0) is 7.05 Å². The van der Waals surface area contributed by atoms with Crippen molar-refractivity contribution in [2.45, 2.75) is 39.2 Å². The van der Waals surface area contributed by atoms with Crippen molar-refractivity contribution in [2.24, 2.45) is 7.05 Å². The summed E-state index contributed by atoms with van der Waals surface area (Å²) in [5, 5.41) is 7.78. The van der Waals surface area contributed by atoms with Crippen molar-refractivity contribution in [1.29, 1.82) is 0 Å². The molecule has 0 radical (unpaired) electrons. The van der Waals surface area contributed by atoms with E-state index in [4.69, 9.17) is 0 Å². The van der Waals surface area contributed by atoms with Gasteiger partial charge in [-0.2, -0.15) is 5.10 Å². The maximum atomic E-state index is 4.23. The maximum Gasteiger partial charge on any atom is 0.0537 e. The molecule has 16 heavy (non-hydrogen) atoms. The number of nitrogens with zero attached hydrogens (tertiary/aromatic N) is 2. The van der Waals surface area contributed by atoms with Crippen molar-refractivity contribution in [3.63, 3.8) is 0 Å². The van der Waals surface area contributed by atoms with Gasteiger partial charge in [0, 0.05) is 24.8 Å². The van der Waals surface area contributed by atoms with Crippen molar-refractivity contribution in [3.05, 3.63) is 30.1 Å². The van der Waals surface area contributed by atoms with Gasteiger partial charge in [0.05, 0.1) is 6.20 Å². The van der Waals surface area contributed by atoms with Crippen LogP contribution in [0, 0.1) is 0 Å². The maximum absolute atomic E-state index is 4.23. The number of aromatic nitrogens is 2. The zero-order valence-corrected chi connectivity index (χ0v) is 10.7. The molecule has 0 aliphatic rings. The zero-order valence-electron chi connectivity index (χ0n) is 10.7. The fraction of sp³-hybridized carbons (Fsp3) is 0.615. The molecule has 0 aliphatic carbocycles. The molecule has 1 rings (SSSR count). The molecule has 0 amide bonds. The van der Waals surface area contributed by atoms with Crippen LogP contribution in [-0.4, -0.2) is 16.3 Å². The molecule has 1 N–H and O–H groups in total. The summed E-state index contributed by atoms with van der Waals surface area (Å²) in [6.45, 7) is 9.46. The molecule has 0 aromatic carbocycles. The molecule has 0 bridgehead atoms. The zero-order chi connectivity index (χ0) is 12.0. The standard InChI is InChI=1S/C13H23N3/c1-5-7-14-13(8-11(3)6-2)12-9-15-16(4)10-12/h9-10,13-14H,3,5-8H2,1-2,4H3. The summed E-state index contributed by atoms with van der Waals surface area (Å²) in [6.07, 6.45) is 7.22. The summed E-state index contributed by atoms with van der Waals surface area (Å²) in [4.78, 5) is 0. The van der Waals surface area contributed by atoms with Crippen LogP contribution in [0.2, 0.25) is 0 Å². The van der Waals surface area contributed by atoms with E-state index >= 15 is 0 Å². The predicted octanol–water partition coefficient (Wildman–Crippen LogP) is 2.82. The number of hydrogen-bond acceptors (Lipinski definition) is 2. The van der Waals surface area contributed by atoms with E-state index in [1.165, 1.54) is 11.1 Å². The third-order valence-corrected chi connectivity index (χ3v) is 2.76. The van der Waals surface area contributed by atoms with Gasteiger partial charge in [0.2, 0.25) is 0 Å². The van der Waals surface area contributed by atoms with Gasteiger partial charge < -0.3 is 5.32 Å². The van der Waals surface area contributed by atoms with Gasteiger partial charge in [-0.1, -0.05) is 26.0 Å². The quantitative estimate of drug-likeness (QED) is 0.718. The SMILES string of the molecule is C=C(CC)CC(NCCC)c1cnn(C)c1. The minimum Gasteiger partial charge on any atom is -0.310 e. The third kappa shape index (κ3) is 3.81. The average Bonchev–Trinajstić information content (AvgIpc) is 2.70. The van der Waals surface area contributed by atoms with Crippen molar-refractivity contribution in [3.8, 4) is 0 Å². The van der Waals surface area contributed by atoms with Crippen LogP contribution in [0.5, 0.6) is 0 Å². The Morgan fingerprint density at radius 3 is 2.81 bits per heavy atom. The molecule has 90 valence electrons. The molecule has 3 heteroatoms. The van der Waals surface area contributed by atoms with Gasteiger partial charge in [-0.25, -0.2) is 0 Å². The molecule has 1 aromatic heterocycles. The van der Waals surface area contributed by atoms with Gasteiger partial charge in [0.15, 0.2) is 0 Å². The monoisotopic (exact) mass is 221 g/mol. The van der Waals surface area contributed by atoms with Gasteiger partial charge in [-0.05, 0) is 25.8 Å². The molecule has 1 heterocycles. The molecule has 0 aliphatic heterocycles. The summed E-state index contributed by atoms with van der Waals surface area (Å²) < 4.78 is 1.85. The summed E-state index contributed by atoms with van der Waals surface area (Å²) in [5.74, 6) is 0. The van der Waals surface area contributed by atoms with Crippen LogP contribution in [0.1, 0.15) is 44.7 Å². The Kier molecular flexibility index (Phi) is 5.26. The molecule has 0 saturated carbocycles. The lowest BCUT2D eigenvalue weighted by atomic mass is 10.0. The smallest absolute Gasteiger partial charge is 0.0537 e. The first-order valence-electron chi connectivity index (χ1n) is 6.05. The molecule has 0 spiro atoms. The largest absolute Gasteiger partial charge is 0.310 e. The minimum atomic E-state index is 0.362. The average molecular weight is 221 g/mol. The van der Waals surface area contributed by atoms with Gasteiger partial charge in [0.1, 0.15) is 0 Å². The lowest BCUT2D eigenvalue weighted by Gasteiger charge is -2.17. The first-order valence-corrected chi connectivity index (χ1v) is 6.05. The van der Waals surface area contributed by atoms with Crippen LogP contribution in [0.15, 0.2) is 24.5 Å². The first-order chi connectivity index (χ1) is 7.67. The fourth-order valence-electron chi connectivity index (χ4n) is 1.68. The Morgan fingerprint density at radius 1 is 1.56 bits per heavy atom. The Balaban J connectivity index is 2.66. The highest BCUT2D eigenvalue weighted by atomic mass is 15.2. The van der Waals surface area contributed by atoms with Crippen LogP contribution >= 0.6 is 0 Å². The Labute approximate surface area is 98.5 Å². The summed E-state index contributed by atoms with van der Waals surface area (Å²) in [6, 6.07) is 0.362. The fourth-order valence-corrected chi connectivity index (χ4v) is 1.68. The molecule has 1 aromatic rings. The highest BCUT2D eigenvalue weighted by molar-refractivity contribution is 5.14. The van der Waals surface area contributed by atoms with E-state index in [-0.39, 0.29) is 0 Å². The van der Waals surface area contributed by atoms with E-state index in [0.29, 0.717) is 6.04 Å². The van der Waals surface area contributed by atoms with Crippen LogP contribution in [0.25, 0.3) is 0 Å². The van der Waals surface area contributed by atoms with Gasteiger partial charge >= 0.3 is 0 Å². The van der Waals surface area contributed by atoms with E-state index in [0.717, 1.165) is 25.8 Å². The first kappa shape index (κ1) is 13.0. The third-order valence-electron chi connectivity index (χ3n) is 2.76. The number of aryl methyl sites for hydroxylation is 1. The second-order valence-electron chi connectivity index (χ2n) is 4.26. The molecule has 1 atom stereocenters. The molecule has 1 unspecified atom stereocenters. The molecule has 0 saturated heterocycles. The topological polar surface area (TPSA) is 29.9 Å². The lowest BCUT2D eigenvalue weighted by molar-refractivity contribution is 0.523. The van der Waals surface area contributed by atoms with Gasteiger partial charge in [0.25, 0.3) is 0 Å². The molecular formula is C13H23N3. The molecular weight excluding hydrogens is 198 g/mol. The Bertz CT molecular complexity index is 328. The van der Waals surface area contributed by atoms with Crippen LogP contribution in [0.3, 0.4) is 0 Å². The number of nitrogens with one attached hydrogen (secondary N) is 1. The van der Waals surface area contributed by atoms with Gasteiger partial charge in [-0.3, -0.25) is 4.68 Å². The highest BCUT2D eigenvalue weighted by Crippen LogP contribution is 2.21. The van der Waals surface area contributed by atoms with E-state index in [1.807, 2.05) is 17.9 Å². The normalized spacial score (nSPS) is 12.7. The predicted molar refractivity (Wildman–Crippen MR) is 68.3 cm³/mol. The lowest BCUT2D eigenvalue weighted by Crippen LogP contribution is -2.22. The highest BCUT2D eigenvalue weighted by Gasteiger charge is 2.12. The number of hydrogen-bond donors (Lipinski definition) is 1.